The van der Waals surface area contributed by atoms with Gasteiger partial charge in [0.2, 0.25) is 5.91 Å². The van der Waals surface area contributed by atoms with Gasteiger partial charge in [0.1, 0.15) is 5.75 Å². The first kappa shape index (κ1) is 21.2. The summed E-state index contributed by atoms with van der Waals surface area (Å²) in [5.41, 5.74) is 0.662. The Hall–Kier alpha value is -2.09. The van der Waals surface area contributed by atoms with E-state index >= 15 is 0 Å². The summed E-state index contributed by atoms with van der Waals surface area (Å²) < 4.78 is 28.7. The van der Waals surface area contributed by atoms with Crippen LogP contribution in [0.1, 0.15) is 6.42 Å². The molecule has 0 aliphatic heterocycles. The van der Waals surface area contributed by atoms with Gasteiger partial charge < -0.3 is 10.1 Å². The van der Waals surface area contributed by atoms with Crippen LogP contribution in [0.4, 0.5) is 5.69 Å². The number of carbonyl (C=O) groups is 1. The number of nitrogens with zero attached hydrogens (tertiary/aromatic N) is 1. The van der Waals surface area contributed by atoms with Crippen LogP contribution in [0, 0.1) is 0 Å². The lowest BCUT2D eigenvalue weighted by molar-refractivity contribution is -0.117. The summed E-state index contributed by atoms with van der Waals surface area (Å²) in [6.07, 6.45) is 1.86. The highest BCUT2D eigenvalue weighted by molar-refractivity contribution is 7.90. The van der Waals surface area contributed by atoms with Crippen molar-refractivity contribution in [3.8, 4) is 5.75 Å². The molecule has 2 aromatic rings. The number of sulfone groups is 1. The fourth-order valence-electron chi connectivity index (χ4n) is 2.41. The number of rotatable bonds is 9. The molecule has 27 heavy (non-hydrogen) atoms. The third kappa shape index (κ3) is 7.58. The van der Waals surface area contributed by atoms with E-state index in [1.807, 2.05) is 11.9 Å². The van der Waals surface area contributed by atoms with Crippen molar-refractivity contribution in [2.75, 3.05) is 38.3 Å². The van der Waals surface area contributed by atoms with Gasteiger partial charge in [0, 0.05) is 23.5 Å². The van der Waals surface area contributed by atoms with Crippen LogP contribution in [0.3, 0.4) is 0 Å². The monoisotopic (exact) mass is 410 g/mol. The van der Waals surface area contributed by atoms with E-state index in [-0.39, 0.29) is 17.3 Å². The standard InChI is InChI=1S/C19H23ClN2O4S/c1-22(14-19(23)21-16-7-3-6-15(20)12-16)10-5-11-26-17-8-4-9-18(13-17)27(2,24)25/h3-4,6-9,12-13H,5,10-11,14H2,1-2H3,(H,21,23). The first-order valence-corrected chi connectivity index (χ1v) is 10.7. The van der Waals surface area contributed by atoms with Crippen LogP contribution in [-0.2, 0) is 14.6 Å². The van der Waals surface area contributed by atoms with Gasteiger partial charge >= 0.3 is 0 Å². The van der Waals surface area contributed by atoms with Crippen molar-refractivity contribution in [2.45, 2.75) is 11.3 Å². The van der Waals surface area contributed by atoms with Crippen LogP contribution >= 0.6 is 11.6 Å². The van der Waals surface area contributed by atoms with E-state index in [1.165, 1.54) is 12.1 Å². The maximum absolute atomic E-state index is 12.0. The molecule has 0 aliphatic rings. The number of halogens is 1. The first-order valence-electron chi connectivity index (χ1n) is 8.41. The summed E-state index contributed by atoms with van der Waals surface area (Å²) in [7, 11) is -1.40. The van der Waals surface area contributed by atoms with Gasteiger partial charge in [-0.15, -0.1) is 0 Å². The van der Waals surface area contributed by atoms with Gasteiger partial charge in [-0.05, 0) is 49.9 Å². The Morgan fingerprint density at radius 3 is 2.63 bits per heavy atom. The number of benzene rings is 2. The molecule has 0 atom stereocenters. The van der Waals surface area contributed by atoms with Crippen molar-refractivity contribution >= 4 is 33.0 Å². The van der Waals surface area contributed by atoms with Crippen molar-refractivity contribution in [1.29, 1.82) is 0 Å². The molecule has 0 saturated carbocycles. The van der Waals surface area contributed by atoms with E-state index in [1.54, 1.807) is 36.4 Å². The van der Waals surface area contributed by atoms with Crippen molar-refractivity contribution in [1.82, 2.24) is 4.90 Å². The number of nitrogens with one attached hydrogen (secondary N) is 1. The molecule has 146 valence electrons. The third-order valence-corrected chi connectivity index (χ3v) is 5.05. The van der Waals surface area contributed by atoms with Crippen LogP contribution in [0.25, 0.3) is 0 Å². The number of anilines is 1. The molecular weight excluding hydrogens is 388 g/mol. The van der Waals surface area contributed by atoms with Gasteiger partial charge in [0.25, 0.3) is 0 Å². The Balaban J connectivity index is 1.71. The second-order valence-corrected chi connectivity index (χ2v) is 8.70. The quantitative estimate of drug-likeness (QED) is 0.643. The molecule has 0 bridgehead atoms. The molecule has 0 spiro atoms. The number of likely N-dealkylation sites (N-methyl/N-ethyl adjacent to an activating group) is 1. The van der Waals surface area contributed by atoms with Crippen molar-refractivity contribution < 1.29 is 17.9 Å². The highest BCUT2D eigenvalue weighted by atomic mass is 35.5. The Bertz CT molecular complexity index is 887. The van der Waals surface area contributed by atoms with Crippen molar-refractivity contribution in [3.05, 3.63) is 53.6 Å². The van der Waals surface area contributed by atoms with Gasteiger partial charge in [-0.3, -0.25) is 9.69 Å². The number of amides is 1. The molecule has 0 radical (unpaired) electrons. The van der Waals surface area contributed by atoms with Gasteiger partial charge in [-0.2, -0.15) is 0 Å². The van der Waals surface area contributed by atoms with Crippen molar-refractivity contribution in [3.63, 3.8) is 0 Å². The summed E-state index contributed by atoms with van der Waals surface area (Å²) >= 11 is 5.89. The number of hydrogen-bond acceptors (Lipinski definition) is 5. The van der Waals surface area contributed by atoms with Gasteiger partial charge in [0.05, 0.1) is 18.0 Å². The lowest BCUT2D eigenvalue weighted by Crippen LogP contribution is -2.31. The summed E-state index contributed by atoms with van der Waals surface area (Å²) in [6, 6.07) is 13.4. The molecule has 0 unspecified atom stereocenters. The summed E-state index contributed by atoms with van der Waals surface area (Å²) in [5.74, 6) is 0.390. The zero-order valence-corrected chi connectivity index (χ0v) is 16.9. The summed E-state index contributed by atoms with van der Waals surface area (Å²) in [4.78, 5) is 14.2. The fourth-order valence-corrected chi connectivity index (χ4v) is 3.26. The Labute approximate surface area is 165 Å². The molecule has 8 heteroatoms. The predicted molar refractivity (Wildman–Crippen MR) is 107 cm³/mol. The number of ether oxygens (including phenoxy) is 1. The molecule has 6 nitrogen and oxygen atoms in total. The van der Waals surface area contributed by atoms with E-state index < -0.39 is 9.84 Å². The third-order valence-electron chi connectivity index (χ3n) is 3.71. The van der Waals surface area contributed by atoms with Crippen molar-refractivity contribution in [2.24, 2.45) is 0 Å². The molecule has 0 aliphatic carbocycles. The minimum atomic E-state index is -3.25. The normalized spacial score (nSPS) is 11.4. The van der Waals surface area contributed by atoms with Gasteiger partial charge in [-0.1, -0.05) is 23.7 Å². The largest absolute Gasteiger partial charge is 0.494 e. The summed E-state index contributed by atoms with van der Waals surface area (Å²) in [5, 5.41) is 3.36. The van der Waals surface area contributed by atoms with E-state index in [9.17, 15) is 13.2 Å². The highest BCUT2D eigenvalue weighted by Gasteiger charge is 2.09. The topological polar surface area (TPSA) is 75.7 Å². The minimum absolute atomic E-state index is 0.124. The molecule has 0 saturated heterocycles. The maximum atomic E-state index is 12.0. The average molecular weight is 411 g/mol. The van der Waals surface area contributed by atoms with Gasteiger partial charge in [0.15, 0.2) is 9.84 Å². The van der Waals surface area contributed by atoms with Crippen LogP contribution in [0.15, 0.2) is 53.4 Å². The smallest absolute Gasteiger partial charge is 0.238 e. The molecular formula is C19H23ClN2O4S. The van der Waals surface area contributed by atoms with Crippen LogP contribution in [-0.4, -0.2) is 52.2 Å². The lowest BCUT2D eigenvalue weighted by atomic mass is 10.3. The number of hydrogen-bond donors (Lipinski definition) is 1. The fraction of sp³-hybridized carbons (Fsp3) is 0.316. The predicted octanol–water partition coefficient (Wildman–Crippen LogP) is 3.08. The molecule has 0 fully saturated rings. The SMILES string of the molecule is CN(CCCOc1cccc(S(C)(=O)=O)c1)CC(=O)Nc1cccc(Cl)c1. The Morgan fingerprint density at radius 2 is 1.93 bits per heavy atom. The first-order chi connectivity index (χ1) is 12.7. The lowest BCUT2D eigenvalue weighted by Gasteiger charge is -2.16. The van der Waals surface area contributed by atoms with Crippen LogP contribution in [0.5, 0.6) is 5.75 Å². The maximum Gasteiger partial charge on any atom is 0.238 e. The van der Waals surface area contributed by atoms with Crippen LogP contribution < -0.4 is 10.1 Å². The molecule has 0 aromatic heterocycles. The average Bonchev–Trinajstić information content (AvgIpc) is 2.58. The zero-order valence-electron chi connectivity index (χ0n) is 15.3. The van der Waals surface area contributed by atoms with Crippen LogP contribution in [0.2, 0.25) is 5.02 Å². The minimum Gasteiger partial charge on any atom is -0.494 e. The Morgan fingerprint density at radius 1 is 1.19 bits per heavy atom. The van der Waals surface area contributed by atoms with E-state index in [0.29, 0.717) is 36.0 Å². The highest BCUT2D eigenvalue weighted by Crippen LogP contribution is 2.17. The van der Waals surface area contributed by atoms with E-state index in [0.717, 1.165) is 6.26 Å². The second kappa shape index (κ2) is 9.73. The molecule has 2 aromatic carbocycles. The van der Waals surface area contributed by atoms with E-state index in [4.69, 9.17) is 16.3 Å². The van der Waals surface area contributed by atoms with E-state index in [2.05, 4.69) is 5.32 Å². The Kier molecular flexibility index (Phi) is 7.65. The molecule has 1 amide bonds. The number of carbonyl (C=O) groups excluding carboxylic acids is 1. The zero-order chi connectivity index (χ0) is 19.9. The molecule has 1 N–H and O–H groups in total. The van der Waals surface area contributed by atoms with Gasteiger partial charge in [-0.25, -0.2) is 8.42 Å². The second-order valence-electron chi connectivity index (χ2n) is 6.25. The molecule has 0 heterocycles. The summed E-state index contributed by atoms with van der Waals surface area (Å²) in [6.45, 7) is 1.33. The molecule has 2 rings (SSSR count).